The minimum Gasteiger partial charge on any atom is -0.381 e. The van der Waals surface area contributed by atoms with E-state index in [-0.39, 0.29) is 5.91 Å². The van der Waals surface area contributed by atoms with Crippen LogP contribution >= 0.6 is 0 Å². The minimum absolute atomic E-state index is 0.0138. The Labute approximate surface area is 110 Å². The molecule has 1 rings (SSSR count). The molecule has 0 saturated carbocycles. The average molecular weight is 251 g/mol. The van der Waals surface area contributed by atoms with Crippen molar-refractivity contribution in [1.82, 2.24) is 5.32 Å². The zero-order chi connectivity index (χ0) is 13.1. The van der Waals surface area contributed by atoms with Crippen molar-refractivity contribution in [3.63, 3.8) is 0 Å². The Morgan fingerprint density at radius 1 is 1.39 bits per heavy atom. The van der Waals surface area contributed by atoms with Gasteiger partial charge >= 0.3 is 0 Å². The number of hydrogen-bond acceptors (Lipinski definition) is 2. The lowest BCUT2D eigenvalue weighted by Crippen LogP contribution is -2.27. The second-order valence-corrected chi connectivity index (χ2v) is 4.76. The Hall–Kier alpha value is -1.09. The molecule has 1 N–H and O–H groups in total. The minimum atomic E-state index is -0.0138. The Morgan fingerprint density at radius 2 is 2.28 bits per heavy atom. The number of carbonyl (C=O) groups is 1. The largest absolute Gasteiger partial charge is 0.381 e. The quantitative estimate of drug-likeness (QED) is 0.409. The number of rotatable bonds is 8. The summed E-state index contributed by atoms with van der Waals surface area (Å²) in [7, 11) is 0. The average Bonchev–Trinajstić information content (AvgIpc) is 2.88. The maximum absolute atomic E-state index is 11.5. The Balaban J connectivity index is 2.03. The second kappa shape index (κ2) is 9.89. The van der Waals surface area contributed by atoms with Crippen LogP contribution in [-0.4, -0.2) is 25.7 Å². The molecule has 0 spiro atoms. The SMILES string of the molecule is CCCCC/C=C/C=C/C(=O)NCC1CCOC1. The number of amides is 1. The van der Waals surface area contributed by atoms with Crippen LogP contribution in [0.4, 0.5) is 0 Å². The highest BCUT2D eigenvalue weighted by Gasteiger charge is 2.15. The Bertz CT molecular complexity index is 278. The van der Waals surface area contributed by atoms with E-state index >= 15 is 0 Å². The monoisotopic (exact) mass is 251 g/mol. The highest BCUT2D eigenvalue weighted by Crippen LogP contribution is 2.10. The van der Waals surface area contributed by atoms with Gasteiger partial charge < -0.3 is 10.1 Å². The third-order valence-electron chi connectivity index (χ3n) is 3.06. The molecule has 1 fully saturated rings. The molecule has 1 atom stereocenters. The smallest absolute Gasteiger partial charge is 0.243 e. The van der Waals surface area contributed by atoms with Crippen LogP contribution in [0.2, 0.25) is 0 Å². The van der Waals surface area contributed by atoms with E-state index in [0.29, 0.717) is 5.92 Å². The molecule has 1 unspecified atom stereocenters. The predicted molar refractivity (Wildman–Crippen MR) is 74.4 cm³/mol. The molecule has 0 radical (unpaired) electrons. The van der Waals surface area contributed by atoms with E-state index in [9.17, 15) is 4.79 Å². The molecule has 0 aliphatic carbocycles. The molecule has 1 saturated heterocycles. The van der Waals surface area contributed by atoms with E-state index < -0.39 is 0 Å². The van der Waals surface area contributed by atoms with Gasteiger partial charge in [0.1, 0.15) is 0 Å². The lowest BCUT2D eigenvalue weighted by atomic mass is 10.1. The zero-order valence-electron chi connectivity index (χ0n) is 11.4. The molecule has 3 nitrogen and oxygen atoms in total. The summed E-state index contributed by atoms with van der Waals surface area (Å²) in [6, 6.07) is 0. The predicted octanol–water partition coefficient (Wildman–Crippen LogP) is 2.83. The van der Waals surface area contributed by atoms with Gasteiger partial charge in [-0.25, -0.2) is 0 Å². The molecule has 18 heavy (non-hydrogen) atoms. The van der Waals surface area contributed by atoms with Gasteiger partial charge in [0, 0.05) is 25.1 Å². The summed E-state index contributed by atoms with van der Waals surface area (Å²) >= 11 is 0. The van der Waals surface area contributed by atoms with Crippen LogP contribution in [0.5, 0.6) is 0 Å². The first-order chi connectivity index (χ1) is 8.83. The molecule has 102 valence electrons. The van der Waals surface area contributed by atoms with Crippen molar-refractivity contribution in [3.8, 4) is 0 Å². The van der Waals surface area contributed by atoms with Crippen LogP contribution in [0.15, 0.2) is 24.3 Å². The fraction of sp³-hybridized carbons (Fsp3) is 0.667. The van der Waals surface area contributed by atoms with Crippen LogP contribution in [0.3, 0.4) is 0 Å². The Morgan fingerprint density at radius 3 is 3.00 bits per heavy atom. The van der Waals surface area contributed by atoms with Crippen LogP contribution in [0, 0.1) is 5.92 Å². The molecule has 0 aromatic heterocycles. The normalized spacial score (nSPS) is 19.9. The summed E-state index contributed by atoms with van der Waals surface area (Å²) in [6.07, 6.45) is 13.4. The fourth-order valence-electron chi connectivity index (χ4n) is 1.88. The van der Waals surface area contributed by atoms with Gasteiger partial charge in [0.2, 0.25) is 5.91 Å². The van der Waals surface area contributed by atoms with Crippen LogP contribution in [0.1, 0.15) is 39.0 Å². The lowest BCUT2D eigenvalue weighted by Gasteiger charge is -2.06. The number of ether oxygens (including phenoxy) is 1. The van der Waals surface area contributed by atoms with Crippen LogP contribution in [-0.2, 0) is 9.53 Å². The van der Waals surface area contributed by atoms with Gasteiger partial charge in [-0.05, 0) is 19.3 Å². The summed E-state index contributed by atoms with van der Waals surface area (Å²) in [4.78, 5) is 11.5. The summed E-state index contributed by atoms with van der Waals surface area (Å²) < 4.78 is 5.25. The maximum atomic E-state index is 11.5. The number of unbranched alkanes of at least 4 members (excludes halogenated alkanes) is 3. The van der Waals surface area contributed by atoms with E-state index in [1.807, 2.05) is 12.2 Å². The molecular formula is C15H25NO2. The first-order valence-electron chi connectivity index (χ1n) is 7.01. The molecule has 1 amide bonds. The van der Waals surface area contributed by atoms with E-state index in [2.05, 4.69) is 18.3 Å². The summed E-state index contributed by atoms with van der Waals surface area (Å²) in [6.45, 7) is 4.53. The van der Waals surface area contributed by atoms with Crippen molar-refractivity contribution in [2.45, 2.75) is 39.0 Å². The van der Waals surface area contributed by atoms with Gasteiger partial charge in [-0.3, -0.25) is 4.79 Å². The van der Waals surface area contributed by atoms with Gasteiger partial charge in [-0.2, -0.15) is 0 Å². The zero-order valence-corrected chi connectivity index (χ0v) is 11.4. The van der Waals surface area contributed by atoms with Crippen molar-refractivity contribution in [2.75, 3.05) is 19.8 Å². The third-order valence-corrected chi connectivity index (χ3v) is 3.06. The van der Waals surface area contributed by atoms with E-state index in [4.69, 9.17) is 4.74 Å². The summed E-state index contributed by atoms with van der Waals surface area (Å²) in [5.74, 6) is 0.479. The second-order valence-electron chi connectivity index (χ2n) is 4.76. The van der Waals surface area contributed by atoms with Crippen molar-refractivity contribution in [3.05, 3.63) is 24.3 Å². The third kappa shape index (κ3) is 7.28. The van der Waals surface area contributed by atoms with Gasteiger partial charge in [-0.1, -0.05) is 38.0 Å². The highest BCUT2D eigenvalue weighted by molar-refractivity contribution is 5.87. The fourth-order valence-corrected chi connectivity index (χ4v) is 1.88. The molecule has 0 aromatic carbocycles. The van der Waals surface area contributed by atoms with E-state index in [0.717, 1.165) is 32.6 Å². The van der Waals surface area contributed by atoms with E-state index in [1.54, 1.807) is 6.08 Å². The molecule has 1 aliphatic rings. The Kier molecular flexibility index (Phi) is 8.23. The van der Waals surface area contributed by atoms with Crippen LogP contribution in [0.25, 0.3) is 0 Å². The first kappa shape index (κ1) is 15.0. The molecule has 1 aliphatic heterocycles. The van der Waals surface area contributed by atoms with Gasteiger partial charge in [-0.15, -0.1) is 0 Å². The number of hydrogen-bond donors (Lipinski definition) is 1. The summed E-state index contributed by atoms with van der Waals surface area (Å²) in [5, 5.41) is 2.90. The summed E-state index contributed by atoms with van der Waals surface area (Å²) in [5.41, 5.74) is 0. The topological polar surface area (TPSA) is 38.3 Å². The van der Waals surface area contributed by atoms with Crippen molar-refractivity contribution in [1.29, 1.82) is 0 Å². The van der Waals surface area contributed by atoms with Gasteiger partial charge in [0.05, 0.1) is 6.61 Å². The van der Waals surface area contributed by atoms with Gasteiger partial charge in [0.25, 0.3) is 0 Å². The maximum Gasteiger partial charge on any atom is 0.243 e. The molecule has 0 aromatic rings. The van der Waals surface area contributed by atoms with Crippen LogP contribution < -0.4 is 5.32 Å². The van der Waals surface area contributed by atoms with Gasteiger partial charge in [0.15, 0.2) is 0 Å². The van der Waals surface area contributed by atoms with Crippen molar-refractivity contribution >= 4 is 5.91 Å². The number of nitrogens with one attached hydrogen (secondary N) is 1. The van der Waals surface area contributed by atoms with Crippen molar-refractivity contribution < 1.29 is 9.53 Å². The first-order valence-corrected chi connectivity index (χ1v) is 7.01. The number of allylic oxidation sites excluding steroid dienone is 3. The lowest BCUT2D eigenvalue weighted by molar-refractivity contribution is -0.116. The molecular weight excluding hydrogens is 226 g/mol. The molecule has 1 heterocycles. The number of carbonyl (C=O) groups excluding carboxylic acids is 1. The van der Waals surface area contributed by atoms with Crippen molar-refractivity contribution in [2.24, 2.45) is 5.92 Å². The highest BCUT2D eigenvalue weighted by atomic mass is 16.5. The molecule has 0 bridgehead atoms. The standard InChI is InChI=1S/C15H25NO2/c1-2-3-4-5-6-7-8-9-15(17)16-12-14-10-11-18-13-14/h6-9,14H,2-5,10-13H2,1H3,(H,16,17)/b7-6+,9-8+. The van der Waals surface area contributed by atoms with E-state index in [1.165, 1.54) is 19.3 Å². The molecule has 3 heteroatoms.